The minimum atomic E-state index is -3.59. The van der Waals surface area contributed by atoms with Crippen LogP contribution in [0, 0.1) is 0 Å². The number of carbonyl (C=O) groups excluding carboxylic acids is 2. The predicted molar refractivity (Wildman–Crippen MR) is 158 cm³/mol. The van der Waals surface area contributed by atoms with Gasteiger partial charge in [-0.15, -0.1) is 0 Å². The molecule has 1 atom stereocenters. The van der Waals surface area contributed by atoms with Gasteiger partial charge in [0.25, 0.3) is 0 Å². The Morgan fingerprint density at radius 2 is 1.69 bits per heavy atom. The van der Waals surface area contributed by atoms with Crippen molar-refractivity contribution in [2.24, 2.45) is 0 Å². The molecule has 8 nitrogen and oxygen atoms in total. The fourth-order valence-electron chi connectivity index (χ4n) is 4.14. The van der Waals surface area contributed by atoms with Crippen molar-refractivity contribution < 1.29 is 22.7 Å². The van der Waals surface area contributed by atoms with Crippen LogP contribution in [0.2, 0.25) is 10.0 Å². The van der Waals surface area contributed by atoms with E-state index >= 15 is 0 Å². The summed E-state index contributed by atoms with van der Waals surface area (Å²) in [5.41, 5.74) is 1.23. The molecule has 0 spiro atoms. The van der Waals surface area contributed by atoms with E-state index in [1.807, 2.05) is 20.8 Å². The maximum Gasteiger partial charge on any atom is 0.242 e. The van der Waals surface area contributed by atoms with Gasteiger partial charge in [-0.3, -0.25) is 13.9 Å². The van der Waals surface area contributed by atoms with Gasteiger partial charge in [-0.1, -0.05) is 49.5 Å². The van der Waals surface area contributed by atoms with Crippen LogP contribution in [-0.4, -0.2) is 57.1 Å². The van der Waals surface area contributed by atoms with E-state index in [9.17, 15) is 18.0 Å². The van der Waals surface area contributed by atoms with E-state index in [0.29, 0.717) is 41.1 Å². The minimum absolute atomic E-state index is 0.0586. The van der Waals surface area contributed by atoms with Crippen LogP contribution in [0.4, 0.5) is 5.69 Å². The summed E-state index contributed by atoms with van der Waals surface area (Å²) < 4.78 is 31.8. The highest BCUT2D eigenvalue weighted by Crippen LogP contribution is 2.25. The Balaban J connectivity index is 2.21. The molecule has 1 N–H and O–H groups in total. The van der Waals surface area contributed by atoms with Crippen LogP contribution in [0.5, 0.6) is 5.75 Å². The van der Waals surface area contributed by atoms with Crippen molar-refractivity contribution in [3.8, 4) is 5.75 Å². The first-order chi connectivity index (χ1) is 18.5. The number of ether oxygens (including phenoxy) is 1. The molecule has 0 aliphatic heterocycles. The lowest BCUT2D eigenvalue weighted by Crippen LogP contribution is -2.49. The topological polar surface area (TPSA) is 96.0 Å². The summed E-state index contributed by atoms with van der Waals surface area (Å²) in [6.45, 7) is 7.09. The largest absolute Gasteiger partial charge is 0.494 e. The van der Waals surface area contributed by atoms with Gasteiger partial charge < -0.3 is 15.0 Å². The van der Waals surface area contributed by atoms with Crippen molar-refractivity contribution in [3.63, 3.8) is 0 Å². The number of sulfonamides is 1. The number of anilines is 1. The van der Waals surface area contributed by atoms with Crippen LogP contribution >= 0.6 is 23.2 Å². The van der Waals surface area contributed by atoms with Gasteiger partial charge in [0.05, 0.1) is 28.6 Å². The molecule has 216 valence electrons. The Labute approximate surface area is 242 Å². The number of amides is 2. The third kappa shape index (κ3) is 10.2. The van der Waals surface area contributed by atoms with Gasteiger partial charge in [-0.05, 0) is 68.1 Å². The molecule has 2 aromatic rings. The quantitative estimate of drug-likeness (QED) is 0.251. The second-order valence-corrected chi connectivity index (χ2v) is 11.9. The molecule has 0 fully saturated rings. The molecule has 2 aromatic carbocycles. The molecule has 39 heavy (non-hydrogen) atoms. The summed E-state index contributed by atoms with van der Waals surface area (Å²) in [7, 11) is -3.59. The molecule has 11 heteroatoms. The highest BCUT2D eigenvalue weighted by atomic mass is 35.5. The summed E-state index contributed by atoms with van der Waals surface area (Å²) in [6.07, 6.45) is 3.67. The Kier molecular flexibility index (Phi) is 13.4. The zero-order valence-corrected chi connectivity index (χ0v) is 25.4. The first-order valence-corrected chi connectivity index (χ1v) is 15.8. The van der Waals surface area contributed by atoms with Gasteiger partial charge in [-0.25, -0.2) is 8.42 Å². The first kappa shape index (κ1) is 32.7. The minimum Gasteiger partial charge on any atom is -0.494 e. The van der Waals surface area contributed by atoms with E-state index < -0.39 is 16.1 Å². The number of hydrogen-bond acceptors (Lipinski definition) is 5. The molecule has 0 saturated heterocycles. The monoisotopic (exact) mass is 599 g/mol. The van der Waals surface area contributed by atoms with Crippen molar-refractivity contribution >= 4 is 50.7 Å². The van der Waals surface area contributed by atoms with Crippen LogP contribution < -0.4 is 14.4 Å². The smallest absolute Gasteiger partial charge is 0.242 e. The van der Waals surface area contributed by atoms with Crippen LogP contribution in [0.25, 0.3) is 0 Å². The van der Waals surface area contributed by atoms with Crippen molar-refractivity contribution in [1.82, 2.24) is 10.2 Å². The van der Waals surface area contributed by atoms with E-state index in [4.69, 9.17) is 27.9 Å². The molecule has 0 radical (unpaired) electrons. The SMILES string of the molecule is CCCCNC(=O)C(CC)N(Cc1ccc(Cl)c(Cl)c1)C(=O)CCCN(c1ccc(OCC)cc1)S(C)(=O)=O. The standard InChI is InChI=1S/C28H39Cl2N3O5S/c1-5-8-17-31-28(35)26(6-2)32(20-21-11-16-24(29)25(30)19-21)27(34)10-9-18-33(39(4,36)37)22-12-14-23(15-13-22)38-7-3/h11-16,19,26H,5-10,17-18,20H2,1-4H3,(H,31,35). The highest BCUT2D eigenvalue weighted by Gasteiger charge is 2.29. The van der Waals surface area contributed by atoms with Gasteiger partial charge >= 0.3 is 0 Å². The number of nitrogens with one attached hydrogen (secondary N) is 1. The van der Waals surface area contributed by atoms with Crippen LogP contribution in [-0.2, 0) is 26.2 Å². The maximum absolute atomic E-state index is 13.5. The Morgan fingerprint density at radius 3 is 2.26 bits per heavy atom. The third-order valence-electron chi connectivity index (χ3n) is 6.14. The van der Waals surface area contributed by atoms with Gasteiger partial charge in [0, 0.05) is 26.1 Å². The molecular formula is C28H39Cl2N3O5S. The van der Waals surface area contributed by atoms with Crippen molar-refractivity contribution in [2.45, 2.75) is 65.5 Å². The Morgan fingerprint density at radius 1 is 1.00 bits per heavy atom. The molecule has 0 heterocycles. The Hall–Kier alpha value is -2.49. The van der Waals surface area contributed by atoms with E-state index in [1.54, 1.807) is 47.4 Å². The van der Waals surface area contributed by atoms with Crippen LogP contribution in [0.3, 0.4) is 0 Å². The lowest BCUT2D eigenvalue weighted by Gasteiger charge is -2.31. The van der Waals surface area contributed by atoms with Gasteiger partial charge in [0.1, 0.15) is 11.8 Å². The summed E-state index contributed by atoms with van der Waals surface area (Å²) in [5.74, 6) is 0.177. The number of carbonyl (C=O) groups is 2. The Bertz CT molecular complexity index is 1190. The van der Waals surface area contributed by atoms with Gasteiger partial charge in [0.15, 0.2) is 0 Å². The number of rotatable bonds is 16. The number of hydrogen-bond donors (Lipinski definition) is 1. The number of halogens is 2. The molecular weight excluding hydrogens is 561 g/mol. The second kappa shape index (κ2) is 15.9. The molecule has 0 bridgehead atoms. The molecule has 2 amide bonds. The zero-order chi connectivity index (χ0) is 29.0. The predicted octanol–water partition coefficient (Wildman–Crippen LogP) is 5.66. The summed E-state index contributed by atoms with van der Waals surface area (Å²) in [4.78, 5) is 28.1. The summed E-state index contributed by atoms with van der Waals surface area (Å²) in [6, 6.07) is 11.2. The van der Waals surface area contributed by atoms with E-state index in [-0.39, 0.29) is 37.7 Å². The average Bonchev–Trinajstić information content (AvgIpc) is 2.88. The molecule has 0 saturated carbocycles. The third-order valence-corrected chi connectivity index (χ3v) is 8.07. The summed E-state index contributed by atoms with van der Waals surface area (Å²) >= 11 is 12.3. The second-order valence-electron chi connectivity index (χ2n) is 9.20. The van der Waals surface area contributed by atoms with Crippen LogP contribution in [0.1, 0.15) is 58.4 Å². The van der Waals surface area contributed by atoms with Gasteiger partial charge in [-0.2, -0.15) is 0 Å². The van der Waals surface area contributed by atoms with E-state index in [0.717, 1.165) is 24.7 Å². The fourth-order valence-corrected chi connectivity index (χ4v) is 5.43. The molecule has 1 unspecified atom stereocenters. The zero-order valence-electron chi connectivity index (χ0n) is 23.1. The number of benzene rings is 2. The fraction of sp³-hybridized carbons (Fsp3) is 0.500. The average molecular weight is 601 g/mol. The number of unbranched alkanes of at least 4 members (excludes halogenated alkanes) is 1. The van der Waals surface area contributed by atoms with Crippen molar-refractivity contribution in [3.05, 3.63) is 58.1 Å². The van der Waals surface area contributed by atoms with E-state index in [1.165, 1.54) is 4.31 Å². The van der Waals surface area contributed by atoms with Crippen LogP contribution in [0.15, 0.2) is 42.5 Å². The number of nitrogens with zero attached hydrogens (tertiary/aromatic N) is 2. The molecule has 2 rings (SSSR count). The van der Waals surface area contributed by atoms with Crippen molar-refractivity contribution in [1.29, 1.82) is 0 Å². The lowest BCUT2D eigenvalue weighted by atomic mass is 10.1. The molecule has 0 aliphatic carbocycles. The lowest BCUT2D eigenvalue weighted by molar-refractivity contribution is -0.141. The molecule has 0 aromatic heterocycles. The van der Waals surface area contributed by atoms with E-state index in [2.05, 4.69) is 5.32 Å². The highest BCUT2D eigenvalue weighted by molar-refractivity contribution is 7.92. The maximum atomic E-state index is 13.5. The van der Waals surface area contributed by atoms with Crippen molar-refractivity contribution in [2.75, 3.05) is 30.3 Å². The normalized spacial score (nSPS) is 12.1. The van der Waals surface area contributed by atoms with Gasteiger partial charge in [0.2, 0.25) is 21.8 Å². The molecule has 0 aliphatic rings. The summed E-state index contributed by atoms with van der Waals surface area (Å²) in [5, 5.41) is 3.69. The first-order valence-electron chi connectivity index (χ1n) is 13.2.